The van der Waals surface area contributed by atoms with Crippen LogP contribution in [0.2, 0.25) is 0 Å². The zero-order valence-electron chi connectivity index (χ0n) is 20.5. The molecule has 2 aromatic carbocycles. The van der Waals surface area contributed by atoms with Gasteiger partial charge in [-0.05, 0) is 49.1 Å². The van der Waals surface area contributed by atoms with Gasteiger partial charge in [-0.15, -0.1) is 0 Å². The highest BCUT2D eigenvalue weighted by Crippen LogP contribution is 2.30. The van der Waals surface area contributed by atoms with E-state index in [2.05, 4.69) is 13.2 Å². The number of cyclic esters (lactones) is 2. The Morgan fingerprint density at radius 2 is 1.42 bits per heavy atom. The third kappa shape index (κ3) is 7.55. The predicted molar refractivity (Wildman–Crippen MR) is 132 cm³/mol. The molecule has 0 unspecified atom stereocenters. The van der Waals surface area contributed by atoms with Crippen molar-refractivity contribution in [2.24, 2.45) is 5.41 Å². The Morgan fingerprint density at radius 1 is 0.861 bits per heavy atom. The minimum absolute atomic E-state index is 0.0995. The third-order valence-electron chi connectivity index (χ3n) is 5.49. The molecule has 0 atom stereocenters. The first-order valence-electron chi connectivity index (χ1n) is 11.4. The standard InChI is InChI=1S/C28H30O8/c1-19(2)25(29)33-14-13-32-16-28(17-34-27(31)35-18-28)15-21-5-7-22(8-6-21)23-9-11-24(12-10-23)36-26(30)20(3)4/h5-12H,1,3,13-18H2,2,4H3. The van der Waals surface area contributed by atoms with Gasteiger partial charge in [0, 0.05) is 11.1 Å². The minimum atomic E-state index is -0.700. The third-order valence-corrected chi connectivity index (χ3v) is 5.49. The topological polar surface area (TPSA) is 97.4 Å². The van der Waals surface area contributed by atoms with E-state index < -0.39 is 23.5 Å². The molecule has 0 radical (unpaired) electrons. The van der Waals surface area contributed by atoms with Crippen molar-refractivity contribution < 1.29 is 38.1 Å². The van der Waals surface area contributed by atoms with E-state index in [0.29, 0.717) is 23.3 Å². The van der Waals surface area contributed by atoms with Gasteiger partial charge in [0.25, 0.3) is 0 Å². The van der Waals surface area contributed by atoms with Crippen molar-refractivity contribution in [3.05, 3.63) is 78.4 Å². The molecule has 1 aliphatic rings. The summed E-state index contributed by atoms with van der Waals surface area (Å²) in [4.78, 5) is 34.6. The molecular formula is C28H30O8. The van der Waals surface area contributed by atoms with Crippen LogP contribution in [-0.2, 0) is 35.0 Å². The lowest BCUT2D eigenvalue weighted by molar-refractivity contribution is -0.142. The SMILES string of the molecule is C=C(C)C(=O)OCCOCC1(Cc2ccc(-c3ccc(OC(=O)C(=C)C)cc3)cc2)COC(=O)OC1. The second-order valence-corrected chi connectivity index (χ2v) is 8.86. The summed E-state index contributed by atoms with van der Waals surface area (Å²) in [6.45, 7) is 11.2. The van der Waals surface area contributed by atoms with E-state index in [1.807, 2.05) is 36.4 Å². The second-order valence-electron chi connectivity index (χ2n) is 8.86. The van der Waals surface area contributed by atoms with Crippen LogP contribution >= 0.6 is 0 Å². The highest BCUT2D eigenvalue weighted by atomic mass is 16.7. The Balaban J connectivity index is 1.61. The van der Waals surface area contributed by atoms with Gasteiger partial charge >= 0.3 is 18.1 Å². The lowest BCUT2D eigenvalue weighted by atomic mass is 9.83. The molecule has 8 heteroatoms. The molecule has 1 aliphatic heterocycles. The molecule has 0 N–H and O–H groups in total. The van der Waals surface area contributed by atoms with Crippen molar-refractivity contribution >= 4 is 18.1 Å². The van der Waals surface area contributed by atoms with Crippen LogP contribution in [0.5, 0.6) is 5.75 Å². The maximum Gasteiger partial charge on any atom is 0.508 e. The van der Waals surface area contributed by atoms with E-state index in [-0.39, 0.29) is 33.0 Å². The van der Waals surface area contributed by atoms with E-state index in [1.165, 1.54) is 0 Å². The summed E-state index contributed by atoms with van der Waals surface area (Å²) in [6.07, 6.45) is -0.143. The number of carbonyl (C=O) groups excluding carboxylic acids is 3. The Hall–Kier alpha value is -3.91. The van der Waals surface area contributed by atoms with E-state index in [1.54, 1.807) is 26.0 Å². The van der Waals surface area contributed by atoms with Crippen molar-refractivity contribution in [1.82, 2.24) is 0 Å². The van der Waals surface area contributed by atoms with Gasteiger partial charge in [0.2, 0.25) is 0 Å². The van der Waals surface area contributed by atoms with Crippen LogP contribution in [0.1, 0.15) is 19.4 Å². The number of benzene rings is 2. The maximum atomic E-state index is 11.7. The summed E-state index contributed by atoms with van der Waals surface area (Å²) in [5.41, 5.74) is 3.07. The molecule has 0 bridgehead atoms. The van der Waals surface area contributed by atoms with Crippen LogP contribution < -0.4 is 4.74 Å². The molecule has 0 spiro atoms. The summed E-state index contributed by atoms with van der Waals surface area (Å²) in [6, 6.07) is 15.2. The molecule has 1 heterocycles. The Labute approximate surface area is 210 Å². The van der Waals surface area contributed by atoms with Crippen LogP contribution in [0.4, 0.5) is 4.79 Å². The van der Waals surface area contributed by atoms with Gasteiger partial charge in [0.05, 0.1) is 18.6 Å². The molecule has 2 aromatic rings. The summed E-state index contributed by atoms with van der Waals surface area (Å²) >= 11 is 0. The van der Waals surface area contributed by atoms with Crippen molar-refractivity contribution in [2.75, 3.05) is 33.0 Å². The lowest BCUT2D eigenvalue weighted by Crippen LogP contribution is -2.44. The molecular weight excluding hydrogens is 464 g/mol. The van der Waals surface area contributed by atoms with Gasteiger partial charge in [0.15, 0.2) is 0 Å². The van der Waals surface area contributed by atoms with E-state index in [0.717, 1.165) is 16.7 Å². The van der Waals surface area contributed by atoms with Crippen LogP contribution in [0.3, 0.4) is 0 Å². The molecule has 36 heavy (non-hydrogen) atoms. The lowest BCUT2D eigenvalue weighted by Gasteiger charge is -2.35. The van der Waals surface area contributed by atoms with Crippen molar-refractivity contribution in [3.8, 4) is 16.9 Å². The molecule has 0 aromatic heterocycles. The number of hydrogen-bond acceptors (Lipinski definition) is 8. The molecule has 1 saturated heterocycles. The average Bonchev–Trinajstić information content (AvgIpc) is 2.86. The Kier molecular flexibility index (Phi) is 9.02. The molecule has 0 amide bonds. The first kappa shape index (κ1) is 26.7. The van der Waals surface area contributed by atoms with Crippen LogP contribution in [0.25, 0.3) is 11.1 Å². The smallest absolute Gasteiger partial charge is 0.460 e. The second kappa shape index (κ2) is 12.2. The number of rotatable bonds is 11. The fraction of sp³-hybridized carbons (Fsp3) is 0.321. The van der Waals surface area contributed by atoms with Crippen molar-refractivity contribution in [1.29, 1.82) is 0 Å². The fourth-order valence-electron chi connectivity index (χ4n) is 3.51. The quantitative estimate of drug-likeness (QED) is 0.192. The first-order chi connectivity index (χ1) is 17.2. The maximum absolute atomic E-state index is 11.7. The number of ether oxygens (including phenoxy) is 5. The van der Waals surface area contributed by atoms with E-state index >= 15 is 0 Å². The van der Waals surface area contributed by atoms with Crippen LogP contribution in [0.15, 0.2) is 72.8 Å². The van der Waals surface area contributed by atoms with Gasteiger partial charge in [-0.2, -0.15) is 0 Å². The first-order valence-corrected chi connectivity index (χ1v) is 11.4. The molecule has 0 aliphatic carbocycles. The highest BCUT2D eigenvalue weighted by Gasteiger charge is 2.38. The monoisotopic (exact) mass is 494 g/mol. The number of hydrogen-bond donors (Lipinski definition) is 0. The Bertz CT molecular complexity index is 1110. The number of esters is 2. The van der Waals surface area contributed by atoms with Crippen molar-refractivity contribution in [2.45, 2.75) is 20.3 Å². The van der Waals surface area contributed by atoms with Gasteiger partial charge in [-0.3, -0.25) is 0 Å². The summed E-state index contributed by atoms with van der Waals surface area (Å²) in [7, 11) is 0. The molecule has 1 fully saturated rings. The van der Waals surface area contributed by atoms with E-state index in [9.17, 15) is 14.4 Å². The van der Waals surface area contributed by atoms with Crippen LogP contribution in [-0.4, -0.2) is 51.1 Å². The normalized spacial score (nSPS) is 14.2. The largest absolute Gasteiger partial charge is 0.508 e. The summed E-state index contributed by atoms with van der Waals surface area (Å²) < 4.78 is 26.3. The molecule has 0 saturated carbocycles. The highest BCUT2D eigenvalue weighted by molar-refractivity contribution is 5.88. The summed E-state index contributed by atoms with van der Waals surface area (Å²) in [5, 5.41) is 0. The average molecular weight is 495 g/mol. The molecule has 3 rings (SSSR count). The van der Waals surface area contributed by atoms with Gasteiger partial charge in [-0.25, -0.2) is 14.4 Å². The Morgan fingerprint density at radius 3 is 1.97 bits per heavy atom. The minimum Gasteiger partial charge on any atom is -0.460 e. The van der Waals surface area contributed by atoms with Gasteiger partial charge in [0.1, 0.15) is 25.6 Å². The van der Waals surface area contributed by atoms with Crippen molar-refractivity contribution in [3.63, 3.8) is 0 Å². The van der Waals surface area contributed by atoms with E-state index in [4.69, 9.17) is 23.7 Å². The van der Waals surface area contributed by atoms with Crippen LogP contribution in [0, 0.1) is 5.41 Å². The summed E-state index contributed by atoms with van der Waals surface area (Å²) in [5.74, 6) is -0.479. The fourth-order valence-corrected chi connectivity index (χ4v) is 3.51. The zero-order chi connectivity index (χ0) is 26.1. The zero-order valence-corrected chi connectivity index (χ0v) is 20.5. The molecule has 8 nitrogen and oxygen atoms in total. The molecule has 190 valence electrons. The van der Waals surface area contributed by atoms with Gasteiger partial charge < -0.3 is 23.7 Å². The predicted octanol–water partition coefficient (Wildman–Crippen LogP) is 4.67. The van der Waals surface area contributed by atoms with Gasteiger partial charge in [-0.1, -0.05) is 49.6 Å². The number of carbonyl (C=O) groups is 3.